The van der Waals surface area contributed by atoms with Crippen LogP contribution in [0.1, 0.15) is 23.5 Å². The van der Waals surface area contributed by atoms with Gasteiger partial charge in [0.1, 0.15) is 0 Å². The predicted octanol–water partition coefficient (Wildman–Crippen LogP) is 2.99. The van der Waals surface area contributed by atoms with E-state index in [9.17, 15) is 4.79 Å². The molecule has 0 radical (unpaired) electrons. The molecule has 4 heteroatoms. The van der Waals surface area contributed by atoms with E-state index in [2.05, 4.69) is 15.9 Å². The Bertz CT molecular complexity index is 294. The minimum absolute atomic E-state index is 0.126. The van der Waals surface area contributed by atoms with E-state index in [1.54, 1.807) is 0 Å². The Morgan fingerprint density at radius 3 is 2.54 bits per heavy atom. The van der Waals surface area contributed by atoms with Gasteiger partial charge in [-0.25, -0.2) is 0 Å². The van der Waals surface area contributed by atoms with E-state index in [4.69, 9.17) is 0 Å². The molecule has 1 rings (SSSR count). The summed E-state index contributed by atoms with van der Waals surface area (Å²) < 4.78 is 0.980. The molecule has 1 amide bonds. The highest BCUT2D eigenvalue weighted by Gasteiger charge is 2.13. The molecule has 13 heavy (non-hydrogen) atoms. The number of amides is 1. The number of thiophene rings is 1. The van der Waals surface area contributed by atoms with Gasteiger partial charge in [-0.1, -0.05) is 0 Å². The third kappa shape index (κ3) is 2.54. The molecule has 0 N–H and O–H groups in total. The maximum Gasteiger partial charge on any atom is 0.263 e. The normalized spacial score (nSPS) is 10.1. The van der Waals surface area contributed by atoms with Crippen LogP contribution in [-0.4, -0.2) is 23.9 Å². The molecular weight excluding hydrogens is 250 g/mol. The average Bonchev–Trinajstić information content (AvgIpc) is 2.54. The highest BCUT2D eigenvalue weighted by molar-refractivity contribution is 9.10. The van der Waals surface area contributed by atoms with Crippen LogP contribution in [0.2, 0.25) is 0 Å². The van der Waals surface area contributed by atoms with Crippen molar-refractivity contribution >= 4 is 33.2 Å². The van der Waals surface area contributed by atoms with Crippen LogP contribution in [0, 0.1) is 0 Å². The molecule has 0 saturated carbocycles. The highest BCUT2D eigenvalue weighted by atomic mass is 79.9. The Kier molecular flexibility index (Phi) is 3.93. The number of carbonyl (C=O) groups excluding carboxylic acids is 1. The van der Waals surface area contributed by atoms with Gasteiger partial charge in [-0.15, -0.1) is 11.3 Å². The SMILES string of the molecule is CCN(CC)C(=O)c1cc(Br)cs1. The van der Waals surface area contributed by atoms with Crippen LogP contribution >= 0.6 is 27.3 Å². The van der Waals surface area contributed by atoms with Crippen molar-refractivity contribution in [2.75, 3.05) is 13.1 Å². The monoisotopic (exact) mass is 261 g/mol. The molecule has 1 aromatic rings. The molecule has 0 unspecified atom stereocenters. The van der Waals surface area contributed by atoms with Gasteiger partial charge in [-0.3, -0.25) is 4.79 Å². The van der Waals surface area contributed by atoms with E-state index < -0.39 is 0 Å². The third-order valence-electron chi connectivity index (χ3n) is 1.83. The minimum atomic E-state index is 0.126. The van der Waals surface area contributed by atoms with Crippen molar-refractivity contribution in [2.45, 2.75) is 13.8 Å². The topological polar surface area (TPSA) is 20.3 Å². The van der Waals surface area contributed by atoms with Gasteiger partial charge in [-0.2, -0.15) is 0 Å². The highest BCUT2D eigenvalue weighted by Crippen LogP contribution is 2.20. The second-order valence-electron chi connectivity index (χ2n) is 2.61. The van der Waals surface area contributed by atoms with Crippen molar-refractivity contribution in [2.24, 2.45) is 0 Å². The number of nitrogens with zero attached hydrogens (tertiary/aromatic N) is 1. The van der Waals surface area contributed by atoms with Crippen LogP contribution in [0.5, 0.6) is 0 Å². The largest absolute Gasteiger partial charge is 0.339 e. The van der Waals surface area contributed by atoms with Crippen molar-refractivity contribution in [3.63, 3.8) is 0 Å². The predicted molar refractivity (Wildman–Crippen MR) is 59.3 cm³/mol. The van der Waals surface area contributed by atoms with Crippen LogP contribution in [-0.2, 0) is 0 Å². The lowest BCUT2D eigenvalue weighted by Crippen LogP contribution is -2.29. The number of rotatable bonds is 3. The third-order valence-corrected chi connectivity index (χ3v) is 3.51. The molecule has 72 valence electrons. The fourth-order valence-corrected chi connectivity index (χ4v) is 2.49. The minimum Gasteiger partial charge on any atom is -0.339 e. The van der Waals surface area contributed by atoms with E-state index >= 15 is 0 Å². The van der Waals surface area contributed by atoms with Gasteiger partial charge in [0.2, 0.25) is 0 Å². The Balaban J connectivity index is 2.78. The van der Waals surface area contributed by atoms with Gasteiger partial charge in [0.05, 0.1) is 4.88 Å². The molecule has 0 spiro atoms. The zero-order chi connectivity index (χ0) is 9.84. The number of carbonyl (C=O) groups is 1. The fourth-order valence-electron chi connectivity index (χ4n) is 1.09. The molecular formula is C9H12BrNOS. The van der Waals surface area contributed by atoms with E-state index in [0.717, 1.165) is 22.4 Å². The van der Waals surface area contributed by atoms with Crippen molar-refractivity contribution in [3.05, 3.63) is 20.8 Å². The molecule has 0 saturated heterocycles. The Morgan fingerprint density at radius 2 is 2.15 bits per heavy atom. The summed E-state index contributed by atoms with van der Waals surface area (Å²) in [5.41, 5.74) is 0. The number of hydrogen-bond acceptors (Lipinski definition) is 2. The molecule has 1 aromatic heterocycles. The van der Waals surface area contributed by atoms with E-state index in [1.807, 2.05) is 30.2 Å². The second-order valence-corrected chi connectivity index (χ2v) is 4.43. The summed E-state index contributed by atoms with van der Waals surface area (Å²) >= 11 is 4.81. The van der Waals surface area contributed by atoms with Crippen LogP contribution in [0.4, 0.5) is 0 Å². The maximum absolute atomic E-state index is 11.7. The summed E-state index contributed by atoms with van der Waals surface area (Å²) in [6.07, 6.45) is 0. The molecule has 0 atom stereocenters. The van der Waals surface area contributed by atoms with Crippen LogP contribution in [0.25, 0.3) is 0 Å². The standard InChI is InChI=1S/C9H12BrNOS/c1-3-11(4-2)9(12)8-5-7(10)6-13-8/h5-6H,3-4H2,1-2H3. The first-order chi connectivity index (χ1) is 6.19. The van der Waals surface area contributed by atoms with Gasteiger partial charge in [-0.05, 0) is 35.8 Å². The van der Waals surface area contributed by atoms with Crippen LogP contribution in [0.15, 0.2) is 15.9 Å². The average molecular weight is 262 g/mol. The van der Waals surface area contributed by atoms with Gasteiger partial charge >= 0.3 is 0 Å². The van der Waals surface area contributed by atoms with E-state index in [-0.39, 0.29) is 5.91 Å². The van der Waals surface area contributed by atoms with Crippen molar-refractivity contribution < 1.29 is 4.79 Å². The summed E-state index contributed by atoms with van der Waals surface area (Å²) in [6, 6.07) is 1.87. The van der Waals surface area contributed by atoms with Crippen LogP contribution in [0.3, 0.4) is 0 Å². The molecule has 0 aliphatic carbocycles. The molecule has 0 aliphatic rings. The van der Waals surface area contributed by atoms with Crippen molar-refractivity contribution in [3.8, 4) is 0 Å². The summed E-state index contributed by atoms with van der Waals surface area (Å²) in [6.45, 7) is 5.52. The van der Waals surface area contributed by atoms with Gasteiger partial charge in [0, 0.05) is 22.9 Å². The van der Waals surface area contributed by atoms with Gasteiger partial charge < -0.3 is 4.90 Å². The first-order valence-corrected chi connectivity index (χ1v) is 5.89. The zero-order valence-corrected chi connectivity index (χ0v) is 10.1. The molecule has 2 nitrogen and oxygen atoms in total. The number of hydrogen-bond donors (Lipinski definition) is 0. The first kappa shape index (κ1) is 10.7. The summed E-state index contributed by atoms with van der Waals surface area (Å²) in [7, 11) is 0. The Hall–Kier alpha value is -0.350. The molecule has 1 heterocycles. The van der Waals surface area contributed by atoms with Crippen LogP contribution < -0.4 is 0 Å². The van der Waals surface area contributed by atoms with Crippen molar-refractivity contribution in [1.29, 1.82) is 0 Å². The lowest BCUT2D eigenvalue weighted by molar-refractivity contribution is 0.0778. The molecule has 0 fully saturated rings. The summed E-state index contributed by atoms with van der Waals surface area (Å²) in [4.78, 5) is 14.4. The van der Waals surface area contributed by atoms with E-state index in [0.29, 0.717) is 0 Å². The second kappa shape index (κ2) is 4.77. The first-order valence-electron chi connectivity index (χ1n) is 4.22. The number of halogens is 1. The molecule has 0 aliphatic heterocycles. The Labute approximate surface area is 90.7 Å². The quantitative estimate of drug-likeness (QED) is 0.820. The smallest absolute Gasteiger partial charge is 0.263 e. The summed E-state index contributed by atoms with van der Waals surface area (Å²) in [5, 5.41) is 1.93. The lowest BCUT2D eigenvalue weighted by Gasteiger charge is -2.17. The lowest BCUT2D eigenvalue weighted by atomic mass is 10.4. The van der Waals surface area contributed by atoms with Gasteiger partial charge in [0.25, 0.3) is 5.91 Å². The van der Waals surface area contributed by atoms with Crippen molar-refractivity contribution in [1.82, 2.24) is 4.90 Å². The van der Waals surface area contributed by atoms with Gasteiger partial charge in [0.15, 0.2) is 0 Å². The molecule has 0 bridgehead atoms. The zero-order valence-electron chi connectivity index (χ0n) is 7.71. The fraction of sp³-hybridized carbons (Fsp3) is 0.444. The van der Waals surface area contributed by atoms with E-state index in [1.165, 1.54) is 11.3 Å². The Morgan fingerprint density at radius 1 is 1.54 bits per heavy atom. The maximum atomic E-state index is 11.7. The molecule has 0 aromatic carbocycles. The summed E-state index contributed by atoms with van der Waals surface area (Å²) in [5.74, 6) is 0.126.